The fraction of sp³-hybridized carbons (Fsp3) is 0.154. The molecule has 156 valence electrons. The second kappa shape index (κ2) is 10.8. The largest absolute Gasteiger partial charge is 1.00 e. The van der Waals surface area contributed by atoms with Gasteiger partial charge in [0.25, 0.3) is 0 Å². The van der Waals surface area contributed by atoms with E-state index >= 15 is 0 Å². The Balaban J connectivity index is 0.00000171. The Bertz CT molecular complexity index is 1080. The first-order chi connectivity index (χ1) is 13.9. The van der Waals surface area contributed by atoms with E-state index in [0.29, 0.717) is 0 Å². The molecule has 0 aliphatic heterocycles. The minimum atomic E-state index is -0.899. The van der Waals surface area contributed by atoms with Crippen molar-refractivity contribution in [1.82, 2.24) is 0 Å². The van der Waals surface area contributed by atoms with Crippen molar-refractivity contribution in [1.29, 1.82) is 0 Å². The molecule has 0 unspecified atom stereocenters. The van der Waals surface area contributed by atoms with E-state index in [9.17, 15) is 0 Å². The van der Waals surface area contributed by atoms with Gasteiger partial charge in [-0.2, -0.15) is 0 Å². The topological polar surface area (TPSA) is 0 Å². The van der Waals surface area contributed by atoms with Gasteiger partial charge >= 0.3 is 193 Å². The van der Waals surface area contributed by atoms with E-state index in [1.807, 2.05) is 0 Å². The van der Waals surface area contributed by atoms with Crippen LogP contribution in [-0.4, -0.2) is 30.0 Å². The third-order valence-electron chi connectivity index (χ3n) is 6.21. The molecule has 0 heterocycles. The number of hydrogen-bond donors (Lipinski definition) is 0. The van der Waals surface area contributed by atoms with Gasteiger partial charge in [0.1, 0.15) is 0 Å². The van der Waals surface area contributed by atoms with E-state index in [4.69, 9.17) is 0 Å². The molecule has 0 nitrogen and oxygen atoms in total. The Morgan fingerprint density at radius 1 is 0.516 bits per heavy atom. The van der Waals surface area contributed by atoms with Gasteiger partial charge in [0.05, 0.1) is 0 Å². The fourth-order valence-electron chi connectivity index (χ4n) is 4.36. The summed E-state index contributed by atoms with van der Waals surface area (Å²) in [5, 5.41) is 3.08. The van der Waals surface area contributed by atoms with Crippen LogP contribution in [0.2, 0.25) is 0 Å². The molecular weight excluding hydrogens is 531 g/mol. The maximum atomic E-state index is 2.34. The zero-order chi connectivity index (χ0) is 20.7. The number of rotatable bonds is 4. The Morgan fingerprint density at radius 3 is 1.16 bits per heavy atom. The SMILES string of the molecule is CC1=[C]([Zr+2][C]2=C(C)C(C)=C(c3ccccc3)C2=[SiH2])C(=[SiH2])C(c2ccccc2)=C1C.[Cl-].[Cl-]. The van der Waals surface area contributed by atoms with E-state index < -0.39 is 23.2 Å². The van der Waals surface area contributed by atoms with Crippen LogP contribution in [0.15, 0.2) is 89.5 Å². The maximum absolute atomic E-state index is 2.34. The van der Waals surface area contributed by atoms with Crippen LogP contribution in [0.25, 0.3) is 11.1 Å². The fourth-order valence-corrected chi connectivity index (χ4v) is 10.7. The summed E-state index contributed by atoms with van der Waals surface area (Å²) in [4.78, 5) is 0. The molecule has 2 aromatic rings. The average molecular weight is 557 g/mol. The molecule has 0 saturated heterocycles. The van der Waals surface area contributed by atoms with Gasteiger partial charge in [0.15, 0.2) is 0 Å². The summed E-state index contributed by atoms with van der Waals surface area (Å²) < 4.78 is 3.37. The van der Waals surface area contributed by atoms with Gasteiger partial charge in [0.2, 0.25) is 0 Å². The molecule has 0 aromatic heterocycles. The van der Waals surface area contributed by atoms with Gasteiger partial charge in [-0.15, -0.1) is 0 Å². The summed E-state index contributed by atoms with van der Waals surface area (Å²) in [5.41, 5.74) is 11.7. The molecule has 4 rings (SSSR count). The average Bonchev–Trinajstić information content (AvgIpc) is 3.08. The first-order valence-electron chi connectivity index (χ1n) is 10.0. The van der Waals surface area contributed by atoms with Crippen molar-refractivity contribution in [2.24, 2.45) is 0 Å². The molecule has 2 aliphatic carbocycles. The standard InChI is InChI=1S/2C13H13Si.2ClH.Zr/c2*1-9-8-12(14)13(10(9)2)11-6-4-3-5-7-11;;;/h2*3-7H,14H2,1-2H3;2*1H;/q;;;;+2/p-2. The smallest absolute Gasteiger partial charge is 1.00 e. The Hall–Kier alpha value is -0.963. The molecule has 0 radical (unpaired) electrons. The molecule has 0 atom stereocenters. The van der Waals surface area contributed by atoms with Crippen LogP contribution in [0, 0.1) is 0 Å². The summed E-state index contributed by atoms with van der Waals surface area (Å²) in [7, 11) is 4.20. The van der Waals surface area contributed by atoms with Crippen LogP contribution in [0.3, 0.4) is 0 Å². The predicted octanol–water partition coefficient (Wildman–Crippen LogP) is -1.79. The van der Waals surface area contributed by atoms with Crippen molar-refractivity contribution in [3.8, 4) is 0 Å². The molecule has 0 N–H and O–H groups in total. The minimum Gasteiger partial charge on any atom is -1.00 e. The van der Waals surface area contributed by atoms with Gasteiger partial charge in [-0.25, -0.2) is 0 Å². The molecule has 0 saturated carbocycles. The Kier molecular flexibility index (Phi) is 9.13. The van der Waals surface area contributed by atoms with Crippen molar-refractivity contribution in [3.63, 3.8) is 0 Å². The van der Waals surface area contributed by atoms with E-state index in [-0.39, 0.29) is 24.8 Å². The van der Waals surface area contributed by atoms with Crippen LogP contribution >= 0.6 is 0 Å². The first-order valence-corrected chi connectivity index (χ1v) is 13.9. The normalized spacial score (nSPS) is 16.0. The van der Waals surface area contributed by atoms with Crippen LogP contribution in [0.4, 0.5) is 0 Å². The summed E-state index contributed by atoms with van der Waals surface area (Å²) in [6.07, 6.45) is 0. The van der Waals surface area contributed by atoms with E-state index in [1.165, 1.54) is 44.6 Å². The van der Waals surface area contributed by atoms with E-state index in [2.05, 4.69) is 108 Å². The van der Waals surface area contributed by atoms with Gasteiger partial charge in [0, 0.05) is 0 Å². The molecule has 31 heavy (non-hydrogen) atoms. The molecule has 5 heteroatoms. The quantitative estimate of drug-likeness (QED) is 0.391. The van der Waals surface area contributed by atoms with Crippen molar-refractivity contribution in [2.75, 3.05) is 0 Å². The summed E-state index contributed by atoms with van der Waals surface area (Å²) >= 11 is -0.899. The third kappa shape index (κ3) is 4.72. The van der Waals surface area contributed by atoms with E-state index in [1.54, 1.807) is 16.9 Å². The number of benzene rings is 2. The van der Waals surface area contributed by atoms with Crippen LogP contribution in [0.1, 0.15) is 38.8 Å². The van der Waals surface area contributed by atoms with Crippen molar-refractivity contribution >= 4 is 41.2 Å². The van der Waals surface area contributed by atoms with Gasteiger partial charge in [-0.3, -0.25) is 0 Å². The van der Waals surface area contributed by atoms with Crippen LogP contribution in [0.5, 0.6) is 0 Å². The molecule has 0 spiro atoms. The van der Waals surface area contributed by atoms with E-state index in [0.717, 1.165) is 0 Å². The number of hydrogen-bond acceptors (Lipinski definition) is 0. The monoisotopic (exact) mass is 554 g/mol. The number of allylic oxidation sites excluding steroid dienone is 8. The minimum absolute atomic E-state index is 0. The molecule has 0 amide bonds. The summed E-state index contributed by atoms with van der Waals surface area (Å²) in [6, 6.07) is 21.9. The third-order valence-corrected chi connectivity index (χ3v) is 13.9. The predicted molar refractivity (Wildman–Crippen MR) is 131 cm³/mol. The van der Waals surface area contributed by atoms with Crippen molar-refractivity contribution in [3.05, 3.63) is 101 Å². The molecule has 2 aromatic carbocycles. The molecule has 0 bridgehead atoms. The maximum Gasteiger partial charge on any atom is -1.00 e. The van der Waals surface area contributed by atoms with Crippen LogP contribution in [-0.2, 0) is 23.2 Å². The second-order valence-electron chi connectivity index (χ2n) is 7.81. The Labute approximate surface area is 216 Å². The van der Waals surface area contributed by atoms with Gasteiger partial charge in [-0.1, -0.05) is 0 Å². The summed E-state index contributed by atoms with van der Waals surface area (Å²) in [6.45, 7) is 9.31. The van der Waals surface area contributed by atoms with Gasteiger partial charge in [-0.05, 0) is 0 Å². The second-order valence-corrected chi connectivity index (χ2v) is 12.3. The van der Waals surface area contributed by atoms with Crippen molar-refractivity contribution in [2.45, 2.75) is 27.7 Å². The van der Waals surface area contributed by atoms with Gasteiger partial charge < -0.3 is 24.8 Å². The van der Waals surface area contributed by atoms with Crippen molar-refractivity contribution < 1.29 is 48.0 Å². The molecular formula is C26H26Cl2Si2Zr. The number of halogens is 2. The Morgan fingerprint density at radius 2 is 0.839 bits per heavy atom. The zero-order valence-electron chi connectivity index (χ0n) is 18.4. The van der Waals surface area contributed by atoms with Crippen LogP contribution < -0.4 is 24.8 Å². The first kappa shape index (κ1) is 26.3. The molecule has 0 fully saturated rings. The summed E-state index contributed by atoms with van der Waals surface area (Å²) in [5.74, 6) is 0. The zero-order valence-corrected chi connectivity index (χ0v) is 25.2. The molecule has 2 aliphatic rings.